The van der Waals surface area contributed by atoms with Crippen LogP contribution in [-0.2, 0) is 14.4 Å². The summed E-state index contributed by atoms with van der Waals surface area (Å²) in [5.41, 5.74) is -2.40. The maximum atomic E-state index is 13.3. The van der Waals surface area contributed by atoms with Crippen LogP contribution in [0.2, 0.25) is 0 Å². The number of carboxylic acids is 1. The van der Waals surface area contributed by atoms with Crippen LogP contribution in [0.1, 0.15) is 17.8 Å². The van der Waals surface area contributed by atoms with Crippen molar-refractivity contribution in [3.05, 3.63) is 56.8 Å². The number of thiophene rings is 1. The second kappa shape index (κ2) is 6.97. The first-order valence-electron chi connectivity index (χ1n) is 9.05. The molecule has 0 radical (unpaired) electrons. The molecular formula is C19H17N3O7S. The van der Waals surface area contributed by atoms with Crippen molar-refractivity contribution in [3.63, 3.8) is 0 Å². The van der Waals surface area contributed by atoms with Gasteiger partial charge in [-0.3, -0.25) is 29.8 Å². The third-order valence-electron chi connectivity index (χ3n) is 5.76. The van der Waals surface area contributed by atoms with Gasteiger partial charge in [-0.25, -0.2) is 4.90 Å². The minimum absolute atomic E-state index is 0.0107. The van der Waals surface area contributed by atoms with E-state index in [2.05, 4.69) is 5.32 Å². The van der Waals surface area contributed by atoms with Gasteiger partial charge in [0.05, 0.1) is 34.6 Å². The van der Waals surface area contributed by atoms with Gasteiger partial charge in [0.1, 0.15) is 0 Å². The number of fused-ring (bicyclic) bond motifs is 1. The van der Waals surface area contributed by atoms with Gasteiger partial charge in [0.25, 0.3) is 5.69 Å². The number of rotatable bonds is 5. The number of carbonyl (C=O) groups is 3. The molecule has 2 aliphatic rings. The smallest absolute Gasteiger partial charge is 0.327 e. The molecule has 5 unspecified atom stereocenters. The van der Waals surface area contributed by atoms with Gasteiger partial charge in [-0.05, 0) is 24.4 Å². The maximum absolute atomic E-state index is 13.3. The second-order valence-electron chi connectivity index (χ2n) is 7.28. The fourth-order valence-electron chi connectivity index (χ4n) is 4.41. The monoisotopic (exact) mass is 431 g/mol. The fourth-order valence-corrected chi connectivity index (χ4v) is 5.24. The Kier molecular flexibility index (Phi) is 4.68. The first kappa shape index (κ1) is 20.1. The normalized spacial score (nSPS) is 29.1. The predicted molar refractivity (Wildman–Crippen MR) is 105 cm³/mol. The number of carboxylic acid groups (broad SMARTS) is 1. The second-order valence-corrected chi connectivity index (χ2v) is 8.26. The van der Waals surface area contributed by atoms with Crippen LogP contribution in [0.5, 0.6) is 0 Å². The third-order valence-corrected chi connectivity index (χ3v) is 6.71. The Morgan fingerprint density at radius 2 is 2.03 bits per heavy atom. The average Bonchev–Trinajstić information content (AvgIpc) is 3.39. The number of aliphatic carboxylic acids is 1. The zero-order chi connectivity index (χ0) is 21.8. The summed E-state index contributed by atoms with van der Waals surface area (Å²) < 4.78 is 0. The first-order chi connectivity index (χ1) is 14.2. The molecule has 10 nitrogen and oxygen atoms in total. The minimum Gasteiger partial charge on any atom is -0.480 e. The summed E-state index contributed by atoms with van der Waals surface area (Å²) in [6.45, 7) is 1.25. The number of amides is 2. The van der Waals surface area contributed by atoms with Crippen LogP contribution >= 0.6 is 11.3 Å². The van der Waals surface area contributed by atoms with Crippen LogP contribution in [-0.4, -0.2) is 44.6 Å². The lowest BCUT2D eigenvalue weighted by Gasteiger charge is -2.33. The van der Waals surface area contributed by atoms with Gasteiger partial charge in [0, 0.05) is 17.0 Å². The summed E-state index contributed by atoms with van der Waals surface area (Å²) in [6.07, 6.45) is -1.49. The Bertz CT molecular complexity index is 1050. The molecule has 0 aliphatic carbocycles. The number of hydrogen-bond acceptors (Lipinski definition) is 8. The number of nitrogens with one attached hydrogen (secondary N) is 1. The molecule has 1 aromatic carbocycles. The van der Waals surface area contributed by atoms with Gasteiger partial charge in [-0.2, -0.15) is 0 Å². The van der Waals surface area contributed by atoms with Crippen molar-refractivity contribution in [2.24, 2.45) is 11.8 Å². The molecule has 156 valence electrons. The Hall–Kier alpha value is -3.15. The number of aliphatic hydroxyl groups is 1. The zero-order valence-corrected chi connectivity index (χ0v) is 16.4. The van der Waals surface area contributed by atoms with Crippen molar-refractivity contribution in [2.45, 2.75) is 24.6 Å². The summed E-state index contributed by atoms with van der Waals surface area (Å²) in [7, 11) is 0. The van der Waals surface area contributed by atoms with E-state index in [-0.39, 0.29) is 11.4 Å². The van der Waals surface area contributed by atoms with Crippen molar-refractivity contribution in [2.75, 3.05) is 4.90 Å². The Labute approximate surface area is 173 Å². The number of nitro groups is 1. The lowest BCUT2D eigenvalue weighted by molar-refractivity contribution is -0.384. The number of nitrogens with zero attached hydrogens (tertiary/aromatic N) is 2. The first-order valence-corrected chi connectivity index (χ1v) is 9.93. The van der Waals surface area contributed by atoms with Crippen LogP contribution in [0, 0.1) is 22.0 Å². The standard InChI is InChI=1S/C19H17N3O7S/c1-9(23)19(18(26)27)14-13(15(20-19)12-6-3-7-30-12)16(24)21(17(14)25)10-4-2-5-11(8-10)22(28)29/h2-9,13-15,20,23H,1H3,(H,26,27). The number of imide groups is 1. The van der Waals surface area contributed by atoms with Crippen LogP contribution in [0.3, 0.4) is 0 Å². The third kappa shape index (κ3) is 2.66. The molecule has 2 fully saturated rings. The Morgan fingerprint density at radius 3 is 2.60 bits per heavy atom. The molecule has 2 aliphatic heterocycles. The summed E-state index contributed by atoms with van der Waals surface area (Å²) in [6, 6.07) is 7.68. The van der Waals surface area contributed by atoms with Crippen LogP contribution in [0.4, 0.5) is 11.4 Å². The number of hydrogen-bond donors (Lipinski definition) is 3. The molecule has 0 saturated carbocycles. The van der Waals surface area contributed by atoms with E-state index in [1.54, 1.807) is 17.5 Å². The van der Waals surface area contributed by atoms with Crippen molar-refractivity contribution >= 4 is 40.5 Å². The zero-order valence-electron chi connectivity index (χ0n) is 15.6. The van der Waals surface area contributed by atoms with Gasteiger partial charge in [0.15, 0.2) is 5.54 Å². The van der Waals surface area contributed by atoms with Crippen LogP contribution in [0.15, 0.2) is 41.8 Å². The van der Waals surface area contributed by atoms with Gasteiger partial charge < -0.3 is 10.2 Å². The number of anilines is 1. The highest BCUT2D eigenvalue weighted by molar-refractivity contribution is 7.10. The maximum Gasteiger partial charge on any atom is 0.327 e. The molecule has 0 bridgehead atoms. The van der Waals surface area contributed by atoms with Gasteiger partial charge >= 0.3 is 5.97 Å². The Balaban J connectivity index is 1.87. The van der Waals surface area contributed by atoms with Crippen molar-refractivity contribution in [1.82, 2.24) is 5.32 Å². The molecule has 5 atom stereocenters. The van der Waals surface area contributed by atoms with Gasteiger partial charge in [-0.15, -0.1) is 11.3 Å². The van der Waals surface area contributed by atoms with Gasteiger partial charge in [0.2, 0.25) is 11.8 Å². The molecule has 3 heterocycles. The largest absolute Gasteiger partial charge is 0.480 e. The molecule has 30 heavy (non-hydrogen) atoms. The highest BCUT2D eigenvalue weighted by atomic mass is 32.1. The Morgan fingerprint density at radius 1 is 1.30 bits per heavy atom. The molecule has 2 saturated heterocycles. The van der Waals surface area contributed by atoms with Crippen molar-refractivity contribution in [3.8, 4) is 0 Å². The summed E-state index contributed by atoms with van der Waals surface area (Å²) in [4.78, 5) is 50.9. The molecule has 11 heteroatoms. The number of aliphatic hydroxyl groups excluding tert-OH is 1. The molecule has 2 amide bonds. The SMILES string of the molecule is CC(O)C1(C(=O)O)NC(c2cccs2)C2C(=O)N(c3cccc([N+](=O)[O-])c3)C(=O)C21. The quantitative estimate of drug-likeness (QED) is 0.364. The summed E-state index contributed by atoms with van der Waals surface area (Å²) >= 11 is 1.29. The van der Waals surface area contributed by atoms with E-state index in [1.807, 2.05) is 0 Å². The molecule has 0 spiro atoms. The summed E-state index contributed by atoms with van der Waals surface area (Å²) in [5.74, 6) is -5.40. The molecule has 3 N–H and O–H groups in total. The number of nitro benzene ring substituents is 1. The number of non-ortho nitro benzene ring substituents is 1. The molecule has 1 aromatic heterocycles. The van der Waals surface area contributed by atoms with E-state index >= 15 is 0 Å². The molecule has 2 aromatic rings. The van der Waals surface area contributed by atoms with Gasteiger partial charge in [-0.1, -0.05) is 12.1 Å². The lowest BCUT2D eigenvalue weighted by Crippen LogP contribution is -2.62. The minimum atomic E-state index is -2.08. The van der Waals surface area contributed by atoms with E-state index in [1.165, 1.54) is 36.5 Å². The van der Waals surface area contributed by atoms with Crippen molar-refractivity contribution in [1.29, 1.82) is 0 Å². The predicted octanol–water partition coefficient (Wildman–Crippen LogP) is 1.31. The summed E-state index contributed by atoms with van der Waals surface area (Å²) in [5, 5.41) is 36.1. The van der Waals surface area contributed by atoms with E-state index in [0.29, 0.717) is 4.88 Å². The van der Waals surface area contributed by atoms with Crippen LogP contribution in [0.25, 0.3) is 0 Å². The highest BCUT2D eigenvalue weighted by Gasteiger charge is 2.70. The fraction of sp³-hybridized carbons (Fsp3) is 0.316. The average molecular weight is 431 g/mol. The van der Waals surface area contributed by atoms with Crippen molar-refractivity contribution < 1.29 is 29.5 Å². The van der Waals surface area contributed by atoms with E-state index in [4.69, 9.17) is 0 Å². The van der Waals surface area contributed by atoms with Crippen LogP contribution < -0.4 is 10.2 Å². The van der Waals surface area contributed by atoms with E-state index in [0.717, 1.165) is 11.0 Å². The topological polar surface area (TPSA) is 150 Å². The lowest BCUT2D eigenvalue weighted by atomic mass is 9.77. The number of benzene rings is 1. The highest BCUT2D eigenvalue weighted by Crippen LogP contribution is 2.51. The number of carbonyl (C=O) groups excluding carboxylic acids is 2. The molecule has 4 rings (SSSR count). The molecular weight excluding hydrogens is 414 g/mol. The van der Waals surface area contributed by atoms with E-state index in [9.17, 15) is 34.7 Å². The van der Waals surface area contributed by atoms with E-state index < -0.39 is 52.2 Å².